The molecule has 2 amide bonds. The summed E-state index contributed by atoms with van der Waals surface area (Å²) in [5, 5.41) is 12.1. The molecule has 0 saturated carbocycles. The maximum Gasteiger partial charge on any atom is 0.282 e. The third kappa shape index (κ3) is 4.96. The highest BCUT2D eigenvalue weighted by Gasteiger charge is 2.22. The number of nitrogens with one attached hydrogen (secondary N) is 1. The van der Waals surface area contributed by atoms with E-state index in [2.05, 4.69) is 24.8 Å². The minimum absolute atomic E-state index is 0.248. The molecule has 3 rings (SSSR count). The van der Waals surface area contributed by atoms with Gasteiger partial charge in [-0.1, -0.05) is 44.2 Å². The summed E-state index contributed by atoms with van der Waals surface area (Å²) in [6.07, 6.45) is 0. The number of benzene rings is 3. The van der Waals surface area contributed by atoms with Crippen LogP contribution in [0.5, 0.6) is 0 Å². The molecule has 0 unspecified atom stereocenters. The Kier molecular flexibility index (Phi) is 7.94. The number of carbonyl (C=O) groups excluding carboxylic acids is 2. The van der Waals surface area contributed by atoms with Gasteiger partial charge in [-0.2, -0.15) is 5.06 Å². The molecular weight excluding hydrogens is 406 g/mol. The smallest absolute Gasteiger partial charge is 0.282 e. The van der Waals surface area contributed by atoms with Crippen LogP contribution in [0.4, 0.5) is 5.69 Å². The van der Waals surface area contributed by atoms with E-state index in [1.54, 1.807) is 5.48 Å². The van der Waals surface area contributed by atoms with Crippen LogP contribution < -0.4 is 10.5 Å². The molecule has 3 aromatic carbocycles. The van der Waals surface area contributed by atoms with Crippen LogP contribution in [-0.4, -0.2) is 41.6 Å². The summed E-state index contributed by atoms with van der Waals surface area (Å²) < 4.78 is 0. The Labute approximate surface area is 188 Å². The lowest BCUT2D eigenvalue weighted by Gasteiger charge is -2.25. The number of anilines is 1. The van der Waals surface area contributed by atoms with E-state index >= 15 is 0 Å². The highest BCUT2D eigenvalue weighted by molar-refractivity contribution is 6.10. The molecule has 0 bridgehead atoms. The maximum absolute atomic E-state index is 13.3. The highest BCUT2D eigenvalue weighted by atomic mass is 16.7. The molecule has 7 heteroatoms. The summed E-state index contributed by atoms with van der Waals surface area (Å²) in [4.78, 5) is 33.0. The van der Waals surface area contributed by atoms with Crippen LogP contribution in [-0.2, 0) is 11.4 Å². The molecule has 0 spiro atoms. The minimum atomic E-state index is -0.638. The van der Waals surface area contributed by atoms with Crippen LogP contribution in [0.15, 0.2) is 60.7 Å². The zero-order valence-corrected chi connectivity index (χ0v) is 18.7. The number of hydrogen-bond acceptors (Lipinski definition) is 5. The third-order valence-electron chi connectivity index (χ3n) is 5.44. The number of hydroxylamine groups is 2. The third-order valence-corrected chi connectivity index (χ3v) is 5.44. The van der Waals surface area contributed by atoms with Gasteiger partial charge >= 0.3 is 0 Å². The van der Waals surface area contributed by atoms with E-state index in [0.29, 0.717) is 17.9 Å². The molecule has 0 radical (unpaired) electrons. The van der Waals surface area contributed by atoms with Gasteiger partial charge in [0.2, 0.25) is 0 Å². The van der Waals surface area contributed by atoms with Gasteiger partial charge in [0, 0.05) is 23.1 Å². The van der Waals surface area contributed by atoms with E-state index in [4.69, 9.17) is 10.0 Å². The van der Waals surface area contributed by atoms with Gasteiger partial charge in [0.1, 0.15) is 0 Å². The monoisotopic (exact) mass is 435 g/mol. The van der Waals surface area contributed by atoms with Gasteiger partial charge in [0.15, 0.2) is 0 Å². The van der Waals surface area contributed by atoms with Gasteiger partial charge in [-0.05, 0) is 61.3 Å². The second-order valence-electron chi connectivity index (χ2n) is 7.29. The zero-order chi connectivity index (χ0) is 23.1. The molecule has 168 valence electrons. The van der Waals surface area contributed by atoms with Crippen molar-refractivity contribution >= 4 is 28.3 Å². The molecule has 0 fully saturated rings. The standard InChI is InChI=1S/C25H29N3O4/c1-4-27(5-2)17-20-15-16-23(22-10-8-7-9-21(20)22)28(32-6-3)25(30)19-13-11-18(12-14-19)24(29)26-31/h7-16,31H,4-6,17H2,1-3H3,(H,26,29). The summed E-state index contributed by atoms with van der Waals surface area (Å²) in [5.41, 5.74) is 4.05. The van der Waals surface area contributed by atoms with Crippen molar-refractivity contribution in [2.75, 3.05) is 24.8 Å². The molecule has 0 atom stereocenters. The summed E-state index contributed by atoms with van der Waals surface area (Å²) in [5.74, 6) is -0.982. The molecule has 0 saturated heterocycles. The Morgan fingerprint density at radius 2 is 1.50 bits per heavy atom. The van der Waals surface area contributed by atoms with E-state index in [1.165, 1.54) is 34.9 Å². The van der Waals surface area contributed by atoms with Crippen LogP contribution in [0, 0.1) is 0 Å². The second kappa shape index (κ2) is 10.9. The number of fused-ring (bicyclic) bond motifs is 1. The summed E-state index contributed by atoms with van der Waals surface area (Å²) >= 11 is 0. The summed E-state index contributed by atoms with van der Waals surface area (Å²) in [6.45, 7) is 9.17. The average molecular weight is 436 g/mol. The molecular formula is C25H29N3O4. The Morgan fingerprint density at radius 3 is 2.09 bits per heavy atom. The SMILES string of the molecule is CCON(C(=O)c1ccc(C(=O)NO)cc1)c1ccc(CN(CC)CC)c2ccccc12. The van der Waals surface area contributed by atoms with Crippen molar-refractivity contribution in [1.29, 1.82) is 0 Å². The van der Waals surface area contributed by atoms with E-state index < -0.39 is 5.91 Å². The lowest BCUT2D eigenvalue weighted by atomic mass is 10.0. The Morgan fingerprint density at radius 1 is 0.875 bits per heavy atom. The Balaban J connectivity index is 2.01. The van der Waals surface area contributed by atoms with E-state index in [1.807, 2.05) is 37.3 Å². The first-order valence-electron chi connectivity index (χ1n) is 10.8. The van der Waals surface area contributed by atoms with Crippen molar-refractivity contribution in [2.24, 2.45) is 0 Å². The number of nitrogens with zero attached hydrogens (tertiary/aromatic N) is 2. The van der Waals surface area contributed by atoms with Crippen LogP contribution in [0.1, 0.15) is 47.1 Å². The molecule has 2 N–H and O–H groups in total. The number of rotatable bonds is 9. The fourth-order valence-corrected chi connectivity index (χ4v) is 3.66. The van der Waals surface area contributed by atoms with E-state index in [9.17, 15) is 9.59 Å². The molecule has 0 aromatic heterocycles. The molecule has 3 aromatic rings. The van der Waals surface area contributed by atoms with E-state index in [-0.39, 0.29) is 11.5 Å². The predicted molar refractivity (Wildman–Crippen MR) is 125 cm³/mol. The van der Waals surface area contributed by atoms with E-state index in [0.717, 1.165) is 30.4 Å². The van der Waals surface area contributed by atoms with Crippen molar-refractivity contribution in [3.8, 4) is 0 Å². The van der Waals surface area contributed by atoms with Gasteiger partial charge in [-0.3, -0.25) is 24.5 Å². The van der Waals surface area contributed by atoms with Crippen molar-refractivity contribution in [3.63, 3.8) is 0 Å². The van der Waals surface area contributed by atoms with Gasteiger partial charge in [0.05, 0.1) is 12.3 Å². The Hall–Kier alpha value is -3.26. The number of carbonyl (C=O) groups is 2. The van der Waals surface area contributed by atoms with Crippen LogP contribution >= 0.6 is 0 Å². The van der Waals surface area contributed by atoms with Gasteiger partial charge in [-0.25, -0.2) is 5.48 Å². The zero-order valence-electron chi connectivity index (χ0n) is 18.7. The molecule has 0 heterocycles. The van der Waals surface area contributed by atoms with Crippen molar-refractivity contribution in [3.05, 3.63) is 77.4 Å². The summed E-state index contributed by atoms with van der Waals surface area (Å²) in [7, 11) is 0. The normalized spacial score (nSPS) is 11.0. The molecule has 32 heavy (non-hydrogen) atoms. The molecule has 7 nitrogen and oxygen atoms in total. The summed E-state index contributed by atoms with van der Waals surface area (Å²) in [6, 6.07) is 18.0. The Bertz CT molecular complexity index is 1080. The fourth-order valence-electron chi connectivity index (χ4n) is 3.66. The minimum Gasteiger partial charge on any atom is -0.300 e. The second-order valence-corrected chi connectivity index (χ2v) is 7.29. The van der Waals surface area contributed by atoms with Crippen molar-refractivity contribution < 1.29 is 19.6 Å². The first-order chi connectivity index (χ1) is 15.5. The first-order valence-corrected chi connectivity index (χ1v) is 10.8. The topological polar surface area (TPSA) is 82.1 Å². The quantitative estimate of drug-likeness (QED) is 0.385. The number of amides is 2. The average Bonchev–Trinajstić information content (AvgIpc) is 2.85. The van der Waals surface area contributed by atoms with Gasteiger partial charge in [0.25, 0.3) is 11.8 Å². The first kappa shape index (κ1) is 23.4. The largest absolute Gasteiger partial charge is 0.300 e. The lowest BCUT2D eigenvalue weighted by molar-refractivity contribution is 0.0679. The van der Waals surface area contributed by atoms with Gasteiger partial charge < -0.3 is 0 Å². The number of hydrogen-bond donors (Lipinski definition) is 2. The van der Waals surface area contributed by atoms with Crippen LogP contribution in [0.3, 0.4) is 0 Å². The maximum atomic E-state index is 13.3. The fraction of sp³-hybridized carbons (Fsp3) is 0.280. The van der Waals surface area contributed by atoms with Crippen molar-refractivity contribution in [2.45, 2.75) is 27.3 Å². The molecule has 0 aliphatic rings. The highest BCUT2D eigenvalue weighted by Crippen LogP contribution is 2.31. The van der Waals surface area contributed by atoms with Gasteiger partial charge in [-0.15, -0.1) is 0 Å². The lowest BCUT2D eigenvalue weighted by Crippen LogP contribution is -2.31. The molecule has 0 aliphatic carbocycles. The molecule has 0 aliphatic heterocycles. The van der Waals surface area contributed by atoms with Crippen molar-refractivity contribution in [1.82, 2.24) is 10.4 Å². The van der Waals surface area contributed by atoms with Crippen LogP contribution in [0.25, 0.3) is 10.8 Å². The van der Waals surface area contributed by atoms with Crippen LogP contribution in [0.2, 0.25) is 0 Å². The predicted octanol–water partition coefficient (Wildman–Crippen LogP) is 4.40.